The molecule has 29 heteroatoms. The lowest BCUT2D eigenvalue weighted by Gasteiger charge is -2.22. The molecule has 0 aliphatic carbocycles. The normalized spacial score (nSPS) is 11.1. The zero-order valence-corrected chi connectivity index (χ0v) is 66.6. The second-order valence-corrected chi connectivity index (χ2v) is 28.1. The van der Waals surface area contributed by atoms with E-state index in [9.17, 15) is 57.6 Å². The van der Waals surface area contributed by atoms with E-state index in [4.69, 9.17) is 71.7 Å². The molecular formula is C87H95ClO27S. The largest absolute Gasteiger partial charge is 0.508 e. The number of carbonyl (C=O) groups excluding carboxylic acids is 6. The van der Waals surface area contributed by atoms with Gasteiger partial charge in [0.1, 0.15) is 41.0 Å². The van der Waals surface area contributed by atoms with Gasteiger partial charge in [-0.2, -0.15) is 0 Å². The van der Waals surface area contributed by atoms with Crippen LogP contribution in [0.4, 0.5) is 0 Å². The number of phenols is 1. The van der Waals surface area contributed by atoms with Gasteiger partial charge in [-0.25, -0.2) is 51.8 Å². The number of carboxylic acids is 1. The molecule has 0 bridgehead atoms. The second kappa shape index (κ2) is 50.0. The van der Waals surface area contributed by atoms with E-state index in [2.05, 4.69) is 57.1 Å². The molecule has 0 aliphatic heterocycles. The van der Waals surface area contributed by atoms with Crippen molar-refractivity contribution in [1.82, 2.24) is 0 Å². The molecule has 0 heterocycles. The molecule has 0 saturated carbocycles. The summed E-state index contributed by atoms with van der Waals surface area (Å²) in [6.07, 6.45) is 8.30. The molecule has 0 aromatic heterocycles. The molecule has 0 amide bonds. The summed E-state index contributed by atoms with van der Waals surface area (Å²) in [5.74, 6) is -0.312. The van der Waals surface area contributed by atoms with Crippen molar-refractivity contribution < 1.29 is 129 Å². The molecule has 4 N–H and O–H groups in total. The van der Waals surface area contributed by atoms with Crippen molar-refractivity contribution >= 4 is 83.1 Å². The Morgan fingerprint density at radius 3 is 1.26 bits per heavy atom. The number of ether oxygens (including phenoxy) is 12. The number of hydrogen-bond donors (Lipinski definition) is 4. The van der Waals surface area contributed by atoms with Crippen molar-refractivity contribution in [3.05, 3.63) is 259 Å². The lowest BCUT2D eigenvalue weighted by molar-refractivity contribution is -0.271. The second-order valence-electron chi connectivity index (χ2n) is 25.1. The summed E-state index contributed by atoms with van der Waals surface area (Å²) in [6.45, 7) is 29.3. The fraction of sp³-hybridized carbons (Fsp3) is 0.276. The van der Waals surface area contributed by atoms with Gasteiger partial charge >= 0.3 is 41.8 Å². The van der Waals surface area contributed by atoms with Gasteiger partial charge in [0, 0.05) is 71.8 Å². The summed E-state index contributed by atoms with van der Waals surface area (Å²) in [6, 6.07) is 41.8. The topological polar surface area (TPSA) is 364 Å². The number of phenolic OH excluding ortho intramolecular Hbond substituents is 1. The van der Waals surface area contributed by atoms with Crippen LogP contribution in [0.1, 0.15) is 122 Å². The fourth-order valence-corrected chi connectivity index (χ4v) is 10.4. The first-order valence-electron chi connectivity index (χ1n) is 36.3. The third-order valence-electron chi connectivity index (χ3n) is 15.8. The van der Waals surface area contributed by atoms with Crippen molar-refractivity contribution in [2.24, 2.45) is 0 Å². The van der Waals surface area contributed by atoms with Gasteiger partial charge in [0.25, 0.3) is 0 Å². The average Bonchev–Trinajstić information content (AvgIpc) is 0.785. The van der Waals surface area contributed by atoms with Crippen molar-refractivity contribution in [1.29, 1.82) is 0 Å². The number of carbonyl (C=O) groups is 7. The summed E-state index contributed by atoms with van der Waals surface area (Å²) in [7, 11) is 1.31. The van der Waals surface area contributed by atoms with E-state index in [1.807, 2.05) is 67.6 Å². The van der Waals surface area contributed by atoms with Gasteiger partial charge < -0.3 is 67.1 Å². The van der Waals surface area contributed by atoms with Crippen molar-refractivity contribution in [2.75, 3.05) is 65.9 Å². The van der Waals surface area contributed by atoms with Crippen molar-refractivity contribution in [3.8, 4) is 51.7 Å². The minimum Gasteiger partial charge on any atom is -0.508 e. The monoisotopic (exact) mass is 1640 g/mol. The molecule has 8 aromatic rings. The molecular weight excluding hydrogens is 1540 g/mol. The highest BCUT2D eigenvalue weighted by Gasteiger charge is 2.25. The Kier molecular flexibility index (Phi) is 40.7. The van der Waals surface area contributed by atoms with Crippen LogP contribution in [-0.2, 0) is 79.4 Å². The first-order valence-corrected chi connectivity index (χ1v) is 39.0. The molecule has 0 radical (unpaired) electrons. The zero-order chi connectivity index (χ0) is 85.1. The van der Waals surface area contributed by atoms with Crippen LogP contribution in [0.5, 0.6) is 51.7 Å². The highest BCUT2D eigenvalue weighted by Crippen LogP contribution is 2.39. The van der Waals surface area contributed by atoms with E-state index in [1.54, 1.807) is 80.6 Å². The maximum absolute atomic E-state index is 12.0. The third kappa shape index (κ3) is 33.4. The summed E-state index contributed by atoms with van der Waals surface area (Å²) in [5.41, 5.74) is 5.11. The van der Waals surface area contributed by atoms with E-state index >= 15 is 0 Å². The Morgan fingerprint density at radius 2 is 0.810 bits per heavy atom. The molecule has 0 fully saturated rings. The average molecular weight is 1640 g/mol. The van der Waals surface area contributed by atoms with Crippen LogP contribution in [0.25, 0.3) is 21.5 Å². The van der Waals surface area contributed by atoms with E-state index in [0.717, 1.165) is 88.1 Å². The van der Waals surface area contributed by atoms with Gasteiger partial charge in [-0.1, -0.05) is 121 Å². The van der Waals surface area contributed by atoms with Crippen LogP contribution in [0.2, 0.25) is 0 Å². The number of carboxylic acid groups (broad SMARTS) is 1. The van der Waals surface area contributed by atoms with Crippen LogP contribution in [-0.4, -0.2) is 137 Å². The highest BCUT2D eigenvalue weighted by molar-refractivity contribution is 8.13. The first kappa shape index (κ1) is 94.3. The summed E-state index contributed by atoms with van der Waals surface area (Å²) >= 11 is 0. The number of fused-ring (bicyclic) bond motifs is 2. The fourth-order valence-electron chi connectivity index (χ4n) is 10.4. The summed E-state index contributed by atoms with van der Waals surface area (Å²) in [4.78, 5) is 89.6. The molecule has 116 heavy (non-hydrogen) atoms. The number of rotatable bonds is 43. The molecule has 618 valence electrons. The first-order chi connectivity index (χ1) is 55.5. The van der Waals surface area contributed by atoms with Crippen LogP contribution in [0, 0.1) is 0 Å². The van der Waals surface area contributed by atoms with Gasteiger partial charge in [-0.05, 0) is 173 Å². The maximum atomic E-state index is 12.0. The van der Waals surface area contributed by atoms with E-state index in [-0.39, 0.29) is 76.7 Å². The van der Waals surface area contributed by atoms with Gasteiger partial charge in [0.05, 0.1) is 64.7 Å². The standard InChI is InChI=1S/C43H46O12.C24H24O5.C19H22O8.CH3ClO2S/c1-6-11-31-25-32(15-18-36(31)42(55-48)33-13-12-30-26-35(17-14-29(30)24-33)53-43(46)28(4)5)41(54-47)34-16-19-37(49-20-9-22-51-39(44)7-2)38(27-34)50-21-10-23-52-40(45)8-3;1-4-5-19-12-20(25)8-11-23(19)28-15-27-21-9-6-18-14-22(10-7-17(18)13-21)29-24(26)16(2)3;1-3-17(20)26-11-5-9-24-15-8-7-14(19(22)23)13-16(15)25-10-6-12-27-18(21)4-2;1-5(2,3)4/h7-8,12-19,24-27,41-42,47-48H,2-4,6,9-11,20-23H2,1,5H3;6-14,25H,2,4-5,15H2,1,3H3;3-4,7-8,13H,1-2,5-6,9-12H2,(H,22,23);1H3. The Morgan fingerprint density at radius 1 is 0.431 bits per heavy atom. The van der Waals surface area contributed by atoms with Crippen LogP contribution in [0.3, 0.4) is 0 Å². The molecule has 8 rings (SSSR count). The quantitative estimate of drug-likeness (QED) is 0.00317. The number of halogens is 1. The Balaban J connectivity index is 0.000000329. The maximum Gasteiger partial charge on any atom is 0.338 e. The number of aromatic hydroxyl groups is 1. The lowest BCUT2D eigenvalue weighted by atomic mass is 9.90. The molecule has 0 saturated heterocycles. The smallest absolute Gasteiger partial charge is 0.338 e. The highest BCUT2D eigenvalue weighted by atomic mass is 35.7. The number of aryl methyl sites for hydroxylation is 2. The lowest BCUT2D eigenvalue weighted by Crippen LogP contribution is -2.11. The van der Waals surface area contributed by atoms with E-state index in [0.29, 0.717) is 100 Å². The van der Waals surface area contributed by atoms with Crippen LogP contribution in [0.15, 0.2) is 221 Å². The van der Waals surface area contributed by atoms with E-state index in [1.165, 1.54) is 18.2 Å². The molecule has 2 unspecified atom stereocenters. The number of benzene rings is 8. The van der Waals surface area contributed by atoms with E-state index < -0.39 is 63.0 Å². The minimum absolute atomic E-state index is 0.0512. The predicted octanol–water partition coefficient (Wildman–Crippen LogP) is 16.4. The SMILES string of the molecule is C=C(C)C(=O)Oc1ccc2cc(OCOc3ccc(O)cc3CCC)ccc2c1.C=CC(=O)OCCCOc1ccc(C(=O)O)cc1OCCCOC(=O)C=C.C=CC(=O)OCCCOc1ccc(C(OO)c2ccc(C(OO)c3ccc4cc(OC(=O)C(=C)C)ccc4c3)c(CCC)c2)cc1OCCCOC(=O)C=C.CS(=O)(=O)Cl. The molecule has 0 spiro atoms. The molecule has 27 nitrogen and oxygen atoms in total. The number of esters is 6. The van der Waals surface area contributed by atoms with Gasteiger partial charge in [-0.15, -0.1) is 0 Å². The van der Waals surface area contributed by atoms with Gasteiger partial charge in [0.15, 0.2) is 23.0 Å². The molecule has 8 aromatic carbocycles. The Bertz CT molecular complexity index is 4830. The van der Waals surface area contributed by atoms with Crippen LogP contribution < -0.4 is 37.9 Å². The van der Waals surface area contributed by atoms with Crippen LogP contribution >= 0.6 is 10.7 Å². The molecule has 2 atom stereocenters. The summed E-state index contributed by atoms with van der Waals surface area (Å²) < 4.78 is 83.7. The number of hydrogen-bond acceptors (Lipinski definition) is 26. The zero-order valence-electron chi connectivity index (χ0n) is 65.0. The van der Waals surface area contributed by atoms with Crippen molar-refractivity contribution in [3.63, 3.8) is 0 Å². The predicted molar refractivity (Wildman–Crippen MR) is 434 cm³/mol. The van der Waals surface area contributed by atoms with Gasteiger partial charge in [-0.3, -0.25) is 10.5 Å². The van der Waals surface area contributed by atoms with Gasteiger partial charge in [0.2, 0.25) is 15.8 Å². The van der Waals surface area contributed by atoms with Crippen molar-refractivity contribution in [2.45, 2.75) is 91.3 Å². The third-order valence-corrected chi connectivity index (χ3v) is 15.8. The minimum atomic E-state index is -3.19. The Labute approximate surface area is 677 Å². The summed E-state index contributed by atoms with van der Waals surface area (Å²) in [5, 5.41) is 42.7. The Hall–Kier alpha value is -12.3. The number of aromatic carboxylic acids is 1. The molecule has 0 aliphatic rings.